The number of carbonyl (C=O) groups is 1. The number of ether oxygens (including phenoxy) is 1. The largest absolute Gasteiger partial charge is 0.483 e. The average molecular weight is 316 g/mol. The Hall–Kier alpha value is -2.14. The SMILES string of the molecule is Cc1cc(C)c(C)c(OCC(=O)N/N=C/c2sccc2C)c1. The van der Waals surface area contributed by atoms with Crippen molar-refractivity contribution in [2.24, 2.45) is 5.10 Å². The molecule has 0 unspecified atom stereocenters. The normalized spacial score (nSPS) is 10.9. The highest BCUT2D eigenvalue weighted by Crippen LogP contribution is 2.23. The highest BCUT2D eigenvalue weighted by Gasteiger charge is 2.07. The third-order valence-corrected chi connectivity index (χ3v) is 4.35. The van der Waals surface area contributed by atoms with Crippen LogP contribution in [0.1, 0.15) is 27.1 Å². The number of rotatable bonds is 5. The molecule has 0 radical (unpaired) electrons. The Morgan fingerprint density at radius 1 is 1.27 bits per heavy atom. The van der Waals surface area contributed by atoms with Gasteiger partial charge in [-0.25, -0.2) is 5.43 Å². The van der Waals surface area contributed by atoms with Crippen LogP contribution in [0.5, 0.6) is 5.75 Å². The molecule has 1 N–H and O–H groups in total. The number of hydrogen-bond acceptors (Lipinski definition) is 4. The lowest BCUT2D eigenvalue weighted by molar-refractivity contribution is -0.123. The summed E-state index contributed by atoms with van der Waals surface area (Å²) in [5.41, 5.74) is 6.94. The summed E-state index contributed by atoms with van der Waals surface area (Å²) in [6.45, 7) is 7.98. The smallest absolute Gasteiger partial charge is 0.277 e. The third-order valence-electron chi connectivity index (χ3n) is 3.40. The molecule has 116 valence electrons. The van der Waals surface area contributed by atoms with Crippen LogP contribution < -0.4 is 10.2 Å². The lowest BCUT2D eigenvalue weighted by Gasteiger charge is -2.11. The van der Waals surface area contributed by atoms with E-state index < -0.39 is 0 Å². The van der Waals surface area contributed by atoms with Gasteiger partial charge in [-0.1, -0.05) is 6.07 Å². The Labute approximate surface area is 134 Å². The maximum absolute atomic E-state index is 11.8. The van der Waals surface area contributed by atoms with Gasteiger partial charge in [-0.15, -0.1) is 11.3 Å². The monoisotopic (exact) mass is 316 g/mol. The molecule has 0 aliphatic heterocycles. The van der Waals surface area contributed by atoms with Gasteiger partial charge in [0.1, 0.15) is 5.75 Å². The zero-order valence-corrected chi connectivity index (χ0v) is 14.1. The quantitative estimate of drug-likeness (QED) is 0.678. The predicted molar refractivity (Wildman–Crippen MR) is 90.9 cm³/mol. The molecule has 2 aromatic rings. The lowest BCUT2D eigenvalue weighted by atomic mass is 10.1. The van der Waals surface area contributed by atoms with E-state index in [9.17, 15) is 4.79 Å². The van der Waals surface area contributed by atoms with E-state index in [4.69, 9.17) is 4.74 Å². The molecule has 0 bridgehead atoms. The molecule has 0 atom stereocenters. The minimum Gasteiger partial charge on any atom is -0.483 e. The van der Waals surface area contributed by atoms with Gasteiger partial charge in [-0.2, -0.15) is 5.10 Å². The van der Waals surface area contributed by atoms with E-state index in [0.717, 1.165) is 32.9 Å². The summed E-state index contributed by atoms with van der Waals surface area (Å²) < 4.78 is 5.59. The van der Waals surface area contributed by atoms with Crippen LogP contribution in [0.3, 0.4) is 0 Å². The third kappa shape index (κ3) is 4.18. The Kier molecular flexibility index (Phi) is 5.33. The van der Waals surface area contributed by atoms with Crippen molar-refractivity contribution in [2.45, 2.75) is 27.7 Å². The summed E-state index contributed by atoms with van der Waals surface area (Å²) in [7, 11) is 0. The van der Waals surface area contributed by atoms with Gasteiger partial charge in [0.25, 0.3) is 5.91 Å². The van der Waals surface area contributed by atoms with Crippen molar-refractivity contribution in [3.05, 3.63) is 50.7 Å². The van der Waals surface area contributed by atoms with Crippen molar-refractivity contribution in [3.63, 3.8) is 0 Å². The Morgan fingerprint density at radius 3 is 2.73 bits per heavy atom. The number of hydrogen-bond donors (Lipinski definition) is 1. The lowest BCUT2D eigenvalue weighted by Crippen LogP contribution is -2.24. The molecule has 1 aromatic heterocycles. The predicted octanol–water partition coefficient (Wildman–Crippen LogP) is 3.51. The van der Waals surface area contributed by atoms with Gasteiger partial charge in [-0.05, 0) is 67.5 Å². The van der Waals surface area contributed by atoms with Gasteiger partial charge >= 0.3 is 0 Å². The van der Waals surface area contributed by atoms with Gasteiger partial charge in [0.15, 0.2) is 6.61 Å². The Bertz CT molecular complexity index is 705. The first-order chi connectivity index (χ1) is 10.5. The standard InChI is InChI=1S/C17H20N2O2S/c1-11-7-13(3)14(4)15(8-11)21-10-17(20)19-18-9-16-12(2)5-6-22-16/h5-9H,10H2,1-4H3,(H,19,20)/b18-9+. The molecular formula is C17H20N2O2S. The first-order valence-electron chi connectivity index (χ1n) is 7.04. The van der Waals surface area contributed by atoms with E-state index in [-0.39, 0.29) is 12.5 Å². The molecule has 0 fully saturated rings. The second-order valence-corrected chi connectivity index (χ2v) is 6.20. The van der Waals surface area contributed by atoms with Crippen LogP contribution in [-0.4, -0.2) is 18.7 Å². The van der Waals surface area contributed by atoms with E-state index in [2.05, 4.69) is 16.6 Å². The summed E-state index contributed by atoms with van der Waals surface area (Å²) in [5.74, 6) is 0.467. The molecule has 1 heterocycles. The molecule has 2 rings (SSSR count). The van der Waals surface area contributed by atoms with Crippen molar-refractivity contribution < 1.29 is 9.53 Å². The van der Waals surface area contributed by atoms with Crippen LogP contribution in [0.2, 0.25) is 0 Å². The van der Waals surface area contributed by atoms with Gasteiger partial charge in [0.05, 0.1) is 6.21 Å². The number of nitrogens with one attached hydrogen (secondary N) is 1. The molecule has 22 heavy (non-hydrogen) atoms. The Morgan fingerprint density at radius 2 is 2.05 bits per heavy atom. The van der Waals surface area contributed by atoms with Crippen LogP contribution in [-0.2, 0) is 4.79 Å². The summed E-state index contributed by atoms with van der Waals surface area (Å²) >= 11 is 1.58. The fraction of sp³-hybridized carbons (Fsp3) is 0.294. The molecule has 1 amide bonds. The van der Waals surface area contributed by atoms with E-state index in [1.807, 2.05) is 45.2 Å². The number of benzene rings is 1. The second-order valence-electron chi connectivity index (χ2n) is 5.25. The van der Waals surface area contributed by atoms with E-state index in [1.165, 1.54) is 0 Å². The summed E-state index contributed by atoms with van der Waals surface area (Å²) in [6.07, 6.45) is 1.65. The number of nitrogens with zero attached hydrogens (tertiary/aromatic N) is 1. The maximum Gasteiger partial charge on any atom is 0.277 e. The van der Waals surface area contributed by atoms with E-state index in [0.29, 0.717) is 0 Å². The molecule has 0 aliphatic rings. The van der Waals surface area contributed by atoms with Crippen molar-refractivity contribution in [1.82, 2.24) is 5.43 Å². The molecule has 0 saturated heterocycles. The molecule has 0 aliphatic carbocycles. The first-order valence-corrected chi connectivity index (χ1v) is 7.92. The van der Waals surface area contributed by atoms with Crippen molar-refractivity contribution in [3.8, 4) is 5.75 Å². The zero-order chi connectivity index (χ0) is 16.1. The molecule has 0 spiro atoms. The van der Waals surface area contributed by atoms with Crippen LogP contribution in [0.15, 0.2) is 28.7 Å². The highest BCUT2D eigenvalue weighted by molar-refractivity contribution is 7.11. The van der Waals surface area contributed by atoms with Crippen LogP contribution in [0.4, 0.5) is 0 Å². The number of thiophene rings is 1. The summed E-state index contributed by atoms with van der Waals surface area (Å²) in [5, 5.41) is 5.94. The Balaban J connectivity index is 1.88. The molecular weight excluding hydrogens is 296 g/mol. The van der Waals surface area contributed by atoms with E-state index in [1.54, 1.807) is 17.6 Å². The highest BCUT2D eigenvalue weighted by atomic mass is 32.1. The maximum atomic E-state index is 11.8. The molecule has 4 nitrogen and oxygen atoms in total. The molecule has 1 aromatic carbocycles. The number of aryl methyl sites for hydroxylation is 3. The second kappa shape index (κ2) is 7.22. The van der Waals surface area contributed by atoms with Crippen molar-refractivity contribution in [2.75, 3.05) is 6.61 Å². The van der Waals surface area contributed by atoms with Crippen molar-refractivity contribution >= 4 is 23.5 Å². The first kappa shape index (κ1) is 16.2. The minimum atomic E-state index is -0.274. The molecule has 5 heteroatoms. The summed E-state index contributed by atoms with van der Waals surface area (Å²) in [6, 6.07) is 6.05. The van der Waals surface area contributed by atoms with Crippen LogP contribution in [0.25, 0.3) is 0 Å². The number of carbonyl (C=O) groups excluding carboxylic acids is 1. The van der Waals surface area contributed by atoms with Crippen LogP contribution >= 0.6 is 11.3 Å². The van der Waals surface area contributed by atoms with E-state index >= 15 is 0 Å². The molecule has 0 saturated carbocycles. The number of hydrazone groups is 1. The fourth-order valence-electron chi connectivity index (χ4n) is 2.01. The fourth-order valence-corrected chi connectivity index (χ4v) is 2.79. The zero-order valence-electron chi connectivity index (χ0n) is 13.3. The van der Waals surface area contributed by atoms with Crippen molar-refractivity contribution in [1.29, 1.82) is 0 Å². The number of amides is 1. The summed E-state index contributed by atoms with van der Waals surface area (Å²) in [4.78, 5) is 12.8. The van der Waals surface area contributed by atoms with Gasteiger partial charge in [0, 0.05) is 4.88 Å². The van der Waals surface area contributed by atoms with Gasteiger partial charge in [-0.3, -0.25) is 4.79 Å². The average Bonchev–Trinajstić information content (AvgIpc) is 2.87. The minimum absolute atomic E-state index is 0.0511. The van der Waals surface area contributed by atoms with Gasteiger partial charge in [0.2, 0.25) is 0 Å². The topological polar surface area (TPSA) is 50.7 Å². The van der Waals surface area contributed by atoms with Crippen LogP contribution in [0, 0.1) is 27.7 Å². The van der Waals surface area contributed by atoms with Gasteiger partial charge < -0.3 is 4.74 Å².